The van der Waals surface area contributed by atoms with Gasteiger partial charge >= 0.3 is 0 Å². The molecule has 4 aromatic rings. The molecule has 4 rings (SSSR count). The number of rotatable bonds is 6. The summed E-state index contributed by atoms with van der Waals surface area (Å²) in [6.45, 7) is 2.43. The Morgan fingerprint density at radius 1 is 1.10 bits per heavy atom. The summed E-state index contributed by atoms with van der Waals surface area (Å²) in [6.07, 6.45) is 5.86. The summed E-state index contributed by atoms with van der Waals surface area (Å²) < 4.78 is 11.0. The molecule has 0 amide bonds. The predicted octanol–water partition coefficient (Wildman–Crippen LogP) is 2.85. The zero-order valence-electron chi connectivity index (χ0n) is 16.8. The van der Waals surface area contributed by atoms with E-state index in [1.54, 1.807) is 24.7 Å². The fourth-order valence-corrected chi connectivity index (χ4v) is 3.26. The van der Waals surface area contributed by atoms with Crippen LogP contribution < -0.4 is 26.4 Å². The number of nitrogens with zero attached hydrogens (tertiary/aromatic N) is 2. The Morgan fingerprint density at radius 3 is 2.70 bits per heavy atom. The molecule has 0 unspecified atom stereocenters. The quantitative estimate of drug-likeness (QED) is 0.421. The molecule has 8 nitrogen and oxygen atoms in total. The van der Waals surface area contributed by atoms with E-state index in [1.807, 2.05) is 19.1 Å². The number of fused-ring (bicyclic) bond motifs is 3. The number of benzene rings is 1. The Labute approximate surface area is 172 Å². The first kappa shape index (κ1) is 19.7. The monoisotopic (exact) mass is 405 g/mol. The highest BCUT2D eigenvalue weighted by atomic mass is 16.5. The number of anilines is 1. The third-order valence-corrected chi connectivity index (χ3v) is 5.06. The zero-order chi connectivity index (χ0) is 21.3. The topological polar surface area (TPSA) is 129 Å². The summed E-state index contributed by atoms with van der Waals surface area (Å²) in [5.41, 5.74) is 14.1. The summed E-state index contributed by atoms with van der Waals surface area (Å²) in [4.78, 5) is 23.9. The average Bonchev–Trinajstić information content (AvgIpc) is 2.76. The number of nitrogen functional groups attached to an aromatic ring is 1. The number of aromatic amines is 1. The minimum atomic E-state index is -0.216. The fraction of sp³-hybridized carbons (Fsp3) is 0.227. The van der Waals surface area contributed by atoms with Gasteiger partial charge in [0.1, 0.15) is 18.2 Å². The van der Waals surface area contributed by atoms with Crippen molar-refractivity contribution in [2.24, 2.45) is 5.73 Å². The average molecular weight is 405 g/mol. The molecule has 154 valence electrons. The molecule has 0 saturated heterocycles. The molecule has 0 aliphatic heterocycles. The second-order valence-electron chi connectivity index (χ2n) is 7.09. The van der Waals surface area contributed by atoms with Gasteiger partial charge in [-0.15, -0.1) is 0 Å². The maximum atomic E-state index is 12.1. The molecular formula is C22H23N5O3. The van der Waals surface area contributed by atoms with Gasteiger partial charge < -0.3 is 25.9 Å². The summed E-state index contributed by atoms with van der Waals surface area (Å²) in [6, 6.07) is 6.97. The number of ether oxygens (including phenoxy) is 2. The van der Waals surface area contributed by atoms with Gasteiger partial charge in [-0.3, -0.25) is 14.8 Å². The van der Waals surface area contributed by atoms with Crippen LogP contribution in [0.5, 0.6) is 11.5 Å². The van der Waals surface area contributed by atoms with Crippen molar-refractivity contribution in [2.75, 3.05) is 19.5 Å². The van der Waals surface area contributed by atoms with Gasteiger partial charge in [-0.25, -0.2) is 0 Å². The molecule has 3 heterocycles. The molecule has 0 radical (unpaired) electrons. The lowest BCUT2D eigenvalue weighted by atomic mass is 10.0. The van der Waals surface area contributed by atoms with Crippen LogP contribution in [0.3, 0.4) is 0 Å². The van der Waals surface area contributed by atoms with Crippen LogP contribution in [0.4, 0.5) is 5.82 Å². The number of hydrogen-bond donors (Lipinski definition) is 3. The highest BCUT2D eigenvalue weighted by molar-refractivity contribution is 6.10. The van der Waals surface area contributed by atoms with Crippen LogP contribution in [0.2, 0.25) is 0 Å². The van der Waals surface area contributed by atoms with E-state index in [9.17, 15) is 4.79 Å². The Morgan fingerprint density at radius 2 is 1.93 bits per heavy atom. The zero-order valence-corrected chi connectivity index (χ0v) is 16.8. The number of nitrogens with two attached hydrogens (primary N) is 2. The Balaban J connectivity index is 1.84. The van der Waals surface area contributed by atoms with Crippen LogP contribution >= 0.6 is 0 Å². The number of aromatic nitrogens is 3. The van der Waals surface area contributed by atoms with E-state index in [1.165, 1.54) is 13.2 Å². The summed E-state index contributed by atoms with van der Waals surface area (Å²) in [7, 11) is 1.47. The first-order valence-corrected chi connectivity index (χ1v) is 9.63. The lowest BCUT2D eigenvalue weighted by molar-refractivity contribution is 0.284. The van der Waals surface area contributed by atoms with E-state index in [0.717, 1.165) is 33.8 Å². The number of H-pyrrole nitrogens is 1. The smallest absolute Gasteiger partial charge is 0.222 e. The van der Waals surface area contributed by atoms with Crippen molar-refractivity contribution >= 4 is 27.5 Å². The van der Waals surface area contributed by atoms with Crippen molar-refractivity contribution < 1.29 is 9.47 Å². The maximum Gasteiger partial charge on any atom is 0.222 e. The van der Waals surface area contributed by atoms with Crippen molar-refractivity contribution in [1.29, 1.82) is 0 Å². The molecular weight excluding hydrogens is 382 g/mol. The van der Waals surface area contributed by atoms with Crippen molar-refractivity contribution in [3.05, 3.63) is 53.1 Å². The molecule has 0 fully saturated rings. The van der Waals surface area contributed by atoms with Gasteiger partial charge in [0, 0.05) is 46.5 Å². The minimum absolute atomic E-state index is 0.0312. The summed E-state index contributed by atoms with van der Waals surface area (Å²) in [5.74, 6) is 1.34. The van der Waals surface area contributed by atoms with Crippen LogP contribution in [0.25, 0.3) is 32.9 Å². The molecule has 3 aromatic heterocycles. The van der Waals surface area contributed by atoms with Crippen LogP contribution in [0.1, 0.15) is 13.3 Å². The number of pyridine rings is 3. The normalized spacial score (nSPS) is 12.2. The number of nitrogens with one attached hydrogen (secondary N) is 1. The third-order valence-electron chi connectivity index (χ3n) is 5.06. The molecule has 30 heavy (non-hydrogen) atoms. The maximum absolute atomic E-state index is 12.1. The van der Waals surface area contributed by atoms with E-state index in [0.29, 0.717) is 23.7 Å². The minimum Gasteiger partial charge on any atom is -0.493 e. The molecule has 0 aliphatic carbocycles. The Bertz CT molecular complexity index is 1290. The summed E-state index contributed by atoms with van der Waals surface area (Å²) >= 11 is 0. The molecule has 5 N–H and O–H groups in total. The largest absolute Gasteiger partial charge is 0.493 e. The number of hydrogen-bond acceptors (Lipinski definition) is 7. The second-order valence-corrected chi connectivity index (χ2v) is 7.09. The van der Waals surface area contributed by atoms with Crippen molar-refractivity contribution in [3.63, 3.8) is 0 Å². The van der Waals surface area contributed by atoms with Gasteiger partial charge in [0.15, 0.2) is 5.75 Å². The van der Waals surface area contributed by atoms with Crippen LogP contribution in [0.15, 0.2) is 47.7 Å². The number of methoxy groups -OCH3 is 1. The molecule has 0 saturated carbocycles. The standard InChI is InChI=1S/C22H23N5O3/c1-3-13(23)11-30-14-4-12(8-25-9-14)18-5-15-16-6-21(29-2)20(28)7-19(16)26-10-17(15)22(24)27-18/h4-10,13,27H,3,11,23-24H2,1-2H3/t13-/m1/s1. The van der Waals surface area contributed by atoms with Crippen LogP contribution in [-0.2, 0) is 0 Å². The first-order valence-electron chi connectivity index (χ1n) is 9.63. The highest BCUT2D eigenvalue weighted by Crippen LogP contribution is 2.32. The van der Waals surface area contributed by atoms with Crippen molar-refractivity contribution in [2.45, 2.75) is 19.4 Å². The summed E-state index contributed by atoms with van der Waals surface area (Å²) in [5, 5.41) is 2.38. The third kappa shape index (κ3) is 3.65. The van der Waals surface area contributed by atoms with Crippen molar-refractivity contribution in [3.8, 4) is 22.8 Å². The molecule has 0 aliphatic rings. The molecule has 1 aromatic carbocycles. The van der Waals surface area contributed by atoms with Gasteiger partial charge in [-0.2, -0.15) is 0 Å². The molecule has 0 bridgehead atoms. The fourth-order valence-electron chi connectivity index (χ4n) is 3.26. The second kappa shape index (κ2) is 8.00. The van der Waals surface area contributed by atoms with Gasteiger partial charge in [-0.1, -0.05) is 6.92 Å². The highest BCUT2D eigenvalue weighted by Gasteiger charge is 2.12. The van der Waals surface area contributed by atoms with Crippen LogP contribution in [-0.4, -0.2) is 34.7 Å². The molecule has 1 atom stereocenters. The molecule has 8 heteroatoms. The van der Waals surface area contributed by atoms with E-state index in [4.69, 9.17) is 20.9 Å². The Kier molecular flexibility index (Phi) is 5.24. The first-order chi connectivity index (χ1) is 14.5. The predicted molar refractivity (Wildman–Crippen MR) is 118 cm³/mol. The lowest BCUT2D eigenvalue weighted by Crippen LogP contribution is -2.26. The van der Waals surface area contributed by atoms with Crippen molar-refractivity contribution in [1.82, 2.24) is 15.0 Å². The van der Waals surface area contributed by atoms with Crippen LogP contribution in [0, 0.1) is 0 Å². The van der Waals surface area contributed by atoms with E-state index >= 15 is 0 Å². The lowest BCUT2D eigenvalue weighted by Gasteiger charge is -2.13. The van der Waals surface area contributed by atoms with Gasteiger partial charge in [0.05, 0.1) is 18.8 Å². The van der Waals surface area contributed by atoms with Gasteiger partial charge in [0.2, 0.25) is 5.43 Å². The van der Waals surface area contributed by atoms with Gasteiger partial charge in [0.25, 0.3) is 0 Å². The van der Waals surface area contributed by atoms with E-state index in [2.05, 4.69) is 15.0 Å². The van der Waals surface area contributed by atoms with Gasteiger partial charge in [-0.05, 0) is 30.0 Å². The Hall–Kier alpha value is -3.65. The SMILES string of the molecule is CC[C@@H](N)COc1cncc(-c2cc3c(cnc4cc(=O)c(OC)cc43)c(N)[nH]2)c1. The van der Waals surface area contributed by atoms with E-state index in [-0.39, 0.29) is 17.2 Å². The van der Waals surface area contributed by atoms with E-state index < -0.39 is 0 Å². The molecule has 0 spiro atoms.